The molecule has 0 aliphatic heterocycles. The lowest BCUT2D eigenvalue weighted by Crippen LogP contribution is -2.26. The number of benzene rings is 1. The lowest BCUT2D eigenvalue weighted by molar-refractivity contribution is -0.137. The maximum atomic E-state index is 12.6. The quantitative estimate of drug-likeness (QED) is 0.908. The van der Waals surface area contributed by atoms with Crippen LogP contribution in [0.1, 0.15) is 11.3 Å². The van der Waals surface area contributed by atoms with E-state index in [-0.39, 0.29) is 6.61 Å². The summed E-state index contributed by atoms with van der Waals surface area (Å²) >= 11 is 0. The van der Waals surface area contributed by atoms with Gasteiger partial charge in [-0.3, -0.25) is 0 Å². The van der Waals surface area contributed by atoms with Crippen LogP contribution in [0.5, 0.6) is 0 Å². The Morgan fingerprint density at radius 2 is 1.95 bits per heavy atom. The van der Waals surface area contributed by atoms with Gasteiger partial charge in [0.25, 0.3) is 0 Å². The molecule has 0 aliphatic rings. The zero-order valence-electron chi connectivity index (χ0n) is 10.5. The largest absolute Gasteiger partial charge is 0.461 e. The van der Waals surface area contributed by atoms with Crippen molar-refractivity contribution in [2.24, 2.45) is 5.73 Å². The van der Waals surface area contributed by atoms with Crippen LogP contribution in [-0.4, -0.2) is 17.8 Å². The van der Waals surface area contributed by atoms with Crippen molar-refractivity contribution >= 4 is 0 Å². The normalized spacial score (nSPS) is 13.4. The number of halogens is 3. The Balaban J connectivity index is 2.24. The van der Waals surface area contributed by atoms with E-state index in [1.807, 2.05) is 0 Å². The van der Waals surface area contributed by atoms with Gasteiger partial charge in [0.2, 0.25) is 0 Å². The van der Waals surface area contributed by atoms with Gasteiger partial charge in [-0.25, -0.2) is 0 Å². The summed E-state index contributed by atoms with van der Waals surface area (Å²) in [6, 6.07) is 7.71. The first kappa shape index (κ1) is 14.6. The molecule has 0 saturated carbocycles. The van der Waals surface area contributed by atoms with Crippen LogP contribution in [-0.2, 0) is 12.6 Å². The van der Waals surface area contributed by atoms with E-state index >= 15 is 0 Å². The molecular formula is C14H14F3NO2. The highest BCUT2D eigenvalue weighted by Crippen LogP contribution is 2.32. The highest BCUT2D eigenvalue weighted by atomic mass is 19.4. The molecule has 3 nitrogen and oxygen atoms in total. The van der Waals surface area contributed by atoms with Crippen LogP contribution in [0.3, 0.4) is 0 Å². The predicted molar refractivity (Wildman–Crippen MR) is 67.9 cm³/mol. The average Bonchev–Trinajstić information content (AvgIpc) is 2.86. The van der Waals surface area contributed by atoms with E-state index in [4.69, 9.17) is 15.3 Å². The molecule has 2 rings (SSSR count). The number of hydrogen-bond donors (Lipinski definition) is 2. The number of hydrogen-bond acceptors (Lipinski definition) is 3. The van der Waals surface area contributed by atoms with Crippen LogP contribution in [0, 0.1) is 0 Å². The van der Waals surface area contributed by atoms with Crippen molar-refractivity contribution in [1.29, 1.82) is 0 Å². The minimum Gasteiger partial charge on any atom is -0.461 e. The molecule has 6 heteroatoms. The van der Waals surface area contributed by atoms with E-state index in [1.54, 1.807) is 18.2 Å². The van der Waals surface area contributed by atoms with Gasteiger partial charge in [0.05, 0.1) is 12.2 Å². The number of aliphatic hydroxyl groups excluding tert-OH is 1. The van der Waals surface area contributed by atoms with Crippen LogP contribution in [0.15, 0.2) is 40.8 Å². The Bertz CT molecular complexity index is 578. The Morgan fingerprint density at radius 1 is 1.20 bits per heavy atom. The van der Waals surface area contributed by atoms with Crippen LogP contribution >= 0.6 is 0 Å². The van der Waals surface area contributed by atoms with E-state index < -0.39 is 17.8 Å². The topological polar surface area (TPSA) is 59.4 Å². The Morgan fingerprint density at radius 3 is 2.60 bits per heavy atom. The van der Waals surface area contributed by atoms with Gasteiger partial charge >= 0.3 is 6.18 Å². The minimum absolute atomic E-state index is 0.181. The maximum Gasteiger partial charge on any atom is 0.416 e. The van der Waals surface area contributed by atoms with Crippen LogP contribution in [0.25, 0.3) is 11.3 Å². The third-order valence-corrected chi connectivity index (χ3v) is 2.83. The van der Waals surface area contributed by atoms with Crippen LogP contribution in [0.2, 0.25) is 0 Å². The summed E-state index contributed by atoms with van der Waals surface area (Å²) in [6.45, 7) is -0.181. The number of rotatable bonds is 4. The van der Waals surface area contributed by atoms with Crippen molar-refractivity contribution in [3.63, 3.8) is 0 Å². The highest BCUT2D eigenvalue weighted by molar-refractivity contribution is 5.58. The predicted octanol–water partition coefficient (Wildman–Crippen LogP) is 2.83. The second kappa shape index (κ2) is 5.68. The number of aliphatic hydroxyl groups is 1. The van der Waals surface area contributed by atoms with Crippen molar-refractivity contribution in [3.8, 4) is 11.3 Å². The molecule has 1 atom stereocenters. The Labute approximate surface area is 113 Å². The summed E-state index contributed by atoms with van der Waals surface area (Å²) in [5.41, 5.74) is 5.20. The fourth-order valence-corrected chi connectivity index (χ4v) is 1.81. The van der Waals surface area contributed by atoms with Crippen LogP contribution in [0.4, 0.5) is 13.2 Å². The molecule has 0 aliphatic carbocycles. The van der Waals surface area contributed by atoms with Crippen molar-refractivity contribution in [2.75, 3.05) is 6.61 Å². The summed E-state index contributed by atoms with van der Waals surface area (Å²) < 4.78 is 43.3. The first-order chi connectivity index (χ1) is 9.40. The molecule has 0 amide bonds. The van der Waals surface area contributed by atoms with Gasteiger partial charge in [0, 0.05) is 18.0 Å². The van der Waals surface area contributed by atoms with E-state index in [0.717, 1.165) is 12.1 Å². The third-order valence-electron chi connectivity index (χ3n) is 2.83. The molecule has 20 heavy (non-hydrogen) atoms. The number of alkyl halides is 3. The first-order valence-corrected chi connectivity index (χ1v) is 6.03. The summed E-state index contributed by atoms with van der Waals surface area (Å²) in [5.74, 6) is 0.871. The maximum absolute atomic E-state index is 12.6. The molecule has 0 radical (unpaired) electrons. The standard InChI is InChI=1S/C14H14F3NO2/c15-14(16,17)10-3-1-2-9(6-10)13-5-4-12(20-13)7-11(18)8-19/h1-6,11,19H,7-8,18H2. The molecule has 0 bridgehead atoms. The third kappa shape index (κ3) is 3.40. The van der Waals surface area contributed by atoms with Gasteiger partial charge in [0.1, 0.15) is 11.5 Å². The lowest BCUT2D eigenvalue weighted by Gasteiger charge is -2.07. The van der Waals surface area contributed by atoms with Gasteiger partial charge < -0.3 is 15.3 Å². The van der Waals surface area contributed by atoms with E-state index in [2.05, 4.69) is 0 Å². The van der Waals surface area contributed by atoms with E-state index in [1.165, 1.54) is 6.07 Å². The van der Waals surface area contributed by atoms with Gasteiger partial charge in [-0.05, 0) is 24.3 Å². The molecule has 2 aromatic rings. The van der Waals surface area contributed by atoms with Gasteiger partial charge in [0.15, 0.2) is 0 Å². The molecule has 0 fully saturated rings. The van der Waals surface area contributed by atoms with Gasteiger partial charge in [-0.2, -0.15) is 13.2 Å². The monoisotopic (exact) mass is 285 g/mol. The van der Waals surface area contributed by atoms with Crippen molar-refractivity contribution in [2.45, 2.75) is 18.6 Å². The molecule has 1 unspecified atom stereocenters. The lowest BCUT2D eigenvalue weighted by atomic mass is 10.1. The zero-order chi connectivity index (χ0) is 14.8. The summed E-state index contributed by atoms with van der Waals surface area (Å²) in [4.78, 5) is 0. The summed E-state index contributed by atoms with van der Waals surface area (Å²) in [7, 11) is 0. The highest BCUT2D eigenvalue weighted by Gasteiger charge is 2.30. The minimum atomic E-state index is -4.38. The molecule has 1 aromatic carbocycles. The fourth-order valence-electron chi connectivity index (χ4n) is 1.81. The average molecular weight is 285 g/mol. The Hall–Kier alpha value is -1.79. The van der Waals surface area contributed by atoms with E-state index in [9.17, 15) is 13.2 Å². The number of furan rings is 1. The first-order valence-electron chi connectivity index (χ1n) is 6.03. The van der Waals surface area contributed by atoms with Crippen molar-refractivity contribution in [3.05, 3.63) is 47.7 Å². The molecule has 108 valence electrons. The van der Waals surface area contributed by atoms with Gasteiger partial charge in [-0.1, -0.05) is 12.1 Å². The molecule has 0 saturated heterocycles. The van der Waals surface area contributed by atoms with Gasteiger partial charge in [-0.15, -0.1) is 0 Å². The summed E-state index contributed by atoms with van der Waals surface area (Å²) in [6.07, 6.45) is -4.06. The summed E-state index contributed by atoms with van der Waals surface area (Å²) in [5, 5.41) is 8.85. The fraction of sp³-hybridized carbons (Fsp3) is 0.286. The molecule has 1 aromatic heterocycles. The second-order valence-electron chi connectivity index (χ2n) is 4.49. The molecule has 0 spiro atoms. The Kier molecular flexibility index (Phi) is 4.15. The molecule has 3 N–H and O–H groups in total. The smallest absolute Gasteiger partial charge is 0.416 e. The van der Waals surface area contributed by atoms with Crippen molar-refractivity contribution in [1.82, 2.24) is 0 Å². The zero-order valence-corrected chi connectivity index (χ0v) is 10.5. The number of nitrogens with two attached hydrogens (primary N) is 1. The molecule has 1 heterocycles. The SMILES string of the molecule is NC(CO)Cc1ccc(-c2cccc(C(F)(F)F)c2)o1. The second-order valence-corrected chi connectivity index (χ2v) is 4.49. The van der Waals surface area contributed by atoms with Crippen LogP contribution < -0.4 is 5.73 Å². The molecular weight excluding hydrogens is 271 g/mol. The van der Waals surface area contributed by atoms with E-state index in [0.29, 0.717) is 23.5 Å². The van der Waals surface area contributed by atoms with Crippen molar-refractivity contribution < 1.29 is 22.7 Å².